The van der Waals surface area contributed by atoms with Crippen molar-refractivity contribution in [1.29, 1.82) is 0 Å². The molecule has 0 radical (unpaired) electrons. The molecule has 1 heterocycles. The highest BCUT2D eigenvalue weighted by Gasteiger charge is 2.09. The molecule has 5 nitrogen and oxygen atoms in total. The van der Waals surface area contributed by atoms with E-state index < -0.39 is 5.91 Å². The van der Waals surface area contributed by atoms with Crippen molar-refractivity contribution in [2.45, 2.75) is 59.4 Å². The Morgan fingerprint density at radius 1 is 1.26 bits per heavy atom. The number of fused-ring (bicyclic) bond motifs is 1. The van der Waals surface area contributed by atoms with Crippen LogP contribution in [0.4, 0.5) is 4.39 Å². The molecule has 0 spiro atoms. The molecular weight excluding hydrogens is 449 g/mol. The average molecular weight is 490 g/mol. The molecule has 34 heavy (non-hydrogen) atoms. The van der Waals surface area contributed by atoms with Crippen LogP contribution in [0.5, 0.6) is 0 Å². The van der Waals surface area contributed by atoms with E-state index in [-0.39, 0.29) is 12.6 Å². The Balaban J connectivity index is 0.00000118. The molecule has 0 saturated heterocycles. The second-order valence-electron chi connectivity index (χ2n) is 7.32. The number of nitrogens with zero attached hydrogens (tertiary/aromatic N) is 1. The van der Waals surface area contributed by atoms with Gasteiger partial charge in [-0.25, -0.2) is 4.39 Å². The number of carbonyl (C=O) groups excluding carboxylic acids is 1. The predicted octanol–water partition coefficient (Wildman–Crippen LogP) is 6.35. The van der Waals surface area contributed by atoms with Gasteiger partial charge < -0.3 is 16.2 Å². The number of aromatic nitrogens is 1. The number of primary amides is 1. The first kappa shape index (κ1) is 31.5. The number of hydrogen-bond acceptors (Lipinski definition) is 5. The molecule has 1 aromatic carbocycles. The topological polar surface area (TPSA) is 88.2 Å². The lowest BCUT2D eigenvalue weighted by molar-refractivity contribution is -0.113. The molecule has 0 bridgehead atoms. The van der Waals surface area contributed by atoms with E-state index in [0.717, 1.165) is 35.7 Å². The number of rotatable bonds is 11. The van der Waals surface area contributed by atoms with E-state index in [1.54, 1.807) is 12.3 Å². The standard InChI is InChI=1S/C20H25N3O2S.C4H7F.C3H8/c1-2-3-4-7-17(13-24)23-14-26-19(20(21)25)12-15-8-9-18-16(11-15)6-5-10-22-18;1-2-3-4-5;1-3-2/h2-3,5-6,8-12,17,23-24H,4,7,13-14H2,1H3,(H2,21,25);3-4H,2H2,1H3;3H2,1-2H3/b3-2-,19-12-;4-3+;/t17-;;/m1../s1. The van der Waals surface area contributed by atoms with Crippen LogP contribution in [0.3, 0.4) is 0 Å². The Morgan fingerprint density at radius 3 is 2.56 bits per heavy atom. The van der Waals surface area contributed by atoms with E-state index >= 15 is 0 Å². The van der Waals surface area contributed by atoms with Gasteiger partial charge >= 0.3 is 0 Å². The van der Waals surface area contributed by atoms with Crippen LogP contribution in [-0.2, 0) is 4.79 Å². The van der Waals surface area contributed by atoms with Crippen LogP contribution in [0, 0.1) is 0 Å². The Labute approximate surface area is 208 Å². The predicted molar refractivity (Wildman–Crippen MR) is 146 cm³/mol. The smallest absolute Gasteiger partial charge is 0.255 e. The summed E-state index contributed by atoms with van der Waals surface area (Å²) in [6.07, 6.45) is 13.4. The lowest BCUT2D eigenvalue weighted by Crippen LogP contribution is -2.32. The number of nitrogens with two attached hydrogens (primary N) is 1. The summed E-state index contributed by atoms with van der Waals surface area (Å²) >= 11 is 1.34. The third-order valence-corrected chi connectivity index (χ3v) is 5.17. The van der Waals surface area contributed by atoms with E-state index in [4.69, 9.17) is 5.73 Å². The maximum atomic E-state index is 11.8. The lowest BCUT2D eigenvalue weighted by atomic mass is 10.1. The Hall–Kier alpha value is -2.48. The molecule has 1 atom stereocenters. The van der Waals surface area contributed by atoms with Gasteiger partial charge in [-0.1, -0.05) is 57.6 Å². The highest BCUT2D eigenvalue weighted by Crippen LogP contribution is 2.21. The lowest BCUT2D eigenvalue weighted by Gasteiger charge is -2.15. The second-order valence-corrected chi connectivity index (χ2v) is 8.34. The van der Waals surface area contributed by atoms with Gasteiger partial charge in [0.05, 0.1) is 23.4 Å². The monoisotopic (exact) mass is 489 g/mol. The third-order valence-electron chi connectivity index (χ3n) is 4.23. The zero-order valence-electron chi connectivity index (χ0n) is 20.8. The van der Waals surface area contributed by atoms with E-state index in [9.17, 15) is 14.3 Å². The molecular formula is C27H40FN3O2S. The first-order chi connectivity index (χ1) is 16.5. The maximum Gasteiger partial charge on any atom is 0.255 e. The number of allylic oxidation sites excluding steroid dienone is 3. The van der Waals surface area contributed by atoms with E-state index in [1.807, 2.05) is 50.3 Å². The highest BCUT2D eigenvalue weighted by atomic mass is 32.2. The van der Waals surface area contributed by atoms with Crippen LogP contribution in [0.15, 0.2) is 66.0 Å². The minimum absolute atomic E-state index is 0.000398. The Bertz CT molecular complexity index is 900. The minimum atomic E-state index is -0.461. The summed E-state index contributed by atoms with van der Waals surface area (Å²) < 4.78 is 10.8. The quantitative estimate of drug-likeness (QED) is 0.194. The number of halogens is 1. The first-order valence-corrected chi connectivity index (χ1v) is 12.6. The first-order valence-electron chi connectivity index (χ1n) is 11.7. The van der Waals surface area contributed by atoms with E-state index in [0.29, 0.717) is 17.1 Å². The largest absolute Gasteiger partial charge is 0.395 e. The van der Waals surface area contributed by atoms with Crippen LogP contribution in [-0.4, -0.2) is 34.5 Å². The number of aliphatic hydroxyl groups excluding tert-OH is 1. The molecule has 0 aliphatic rings. The summed E-state index contributed by atoms with van der Waals surface area (Å²) in [6.45, 7) is 8.17. The van der Waals surface area contributed by atoms with Crippen molar-refractivity contribution in [3.8, 4) is 0 Å². The summed E-state index contributed by atoms with van der Waals surface area (Å²) in [5.74, 6) is 0.0443. The zero-order chi connectivity index (χ0) is 25.6. The van der Waals surface area contributed by atoms with Crippen molar-refractivity contribution in [2.75, 3.05) is 12.5 Å². The van der Waals surface area contributed by atoms with Crippen molar-refractivity contribution < 1.29 is 14.3 Å². The van der Waals surface area contributed by atoms with Crippen molar-refractivity contribution in [3.63, 3.8) is 0 Å². The second kappa shape index (κ2) is 21.1. The summed E-state index contributed by atoms with van der Waals surface area (Å²) in [7, 11) is 0. The normalized spacial score (nSPS) is 12.2. The zero-order valence-corrected chi connectivity index (χ0v) is 21.7. The summed E-state index contributed by atoms with van der Waals surface area (Å²) in [4.78, 5) is 16.5. The molecule has 1 amide bonds. The number of benzene rings is 1. The van der Waals surface area contributed by atoms with Crippen LogP contribution < -0.4 is 11.1 Å². The van der Waals surface area contributed by atoms with E-state index in [2.05, 4.69) is 30.2 Å². The number of amides is 1. The Kier molecular flexibility index (Phi) is 19.5. The van der Waals surface area contributed by atoms with Crippen LogP contribution in [0.2, 0.25) is 0 Å². The van der Waals surface area contributed by atoms with Gasteiger partial charge in [-0.3, -0.25) is 9.78 Å². The van der Waals surface area contributed by atoms with Gasteiger partial charge in [-0.05, 0) is 56.0 Å². The molecule has 188 valence electrons. The summed E-state index contributed by atoms with van der Waals surface area (Å²) in [5, 5.41) is 13.7. The number of nitrogens with one attached hydrogen (secondary N) is 1. The van der Waals surface area contributed by atoms with Crippen LogP contribution in [0.1, 0.15) is 58.9 Å². The van der Waals surface area contributed by atoms with Gasteiger partial charge in [-0.2, -0.15) is 0 Å². The number of aliphatic hydroxyl groups is 1. The van der Waals surface area contributed by atoms with Crippen molar-refractivity contribution in [1.82, 2.24) is 10.3 Å². The SMILES string of the molecule is C/C=C\CC[C@H](CO)NCS/C(=C\c1ccc2ncccc2c1)C(N)=O.CC/C=C/F.CCC. The molecule has 0 fully saturated rings. The van der Waals surface area contributed by atoms with Gasteiger partial charge in [0, 0.05) is 23.5 Å². The molecule has 0 aliphatic carbocycles. The van der Waals surface area contributed by atoms with Gasteiger partial charge in [0.1, 0.15) is 0 Å². The third kappa shape index (κ3) is 14.6. The molecule has 2 rings (SSSR count). The number of pyridine rings is 1. The molecule has 0 aliphatic heterocycles. The van der Waals surface area contributed by atoms with Gasteiger partial charge in [0.25, 0.3) is 5.91 Å². The number of thioether (sulfide) groups is 1. The van der Waals surface area contributed by atoms with Gasteiger partial charge in [0.15, 0.2) is 0 Å². The van der Waals surface area contributed by atoms with Crippen molar-refractivity contribution in [3.05, 3.63) is 71.6 Å². The molecule has 7 heteroatoms. The molecule has 4 N–H and O–H groups in total. The number of hydrogen-bond donors (Lipinski definition) is 3. The maximum absolute atomic E-state index is 11.8. The van der Waals surface area contributed by atoms with E-state index in [1.165, 1.54) is 24.3 Å². The molecule has 0 unspecified atom stereocenters. The fraction of sp³-hybridized carbons (Fsp3) is 0.407. The van der Waals surface area contributed by atoms with Crippen LogP contribution >= 0.6 is 11.8 Å². The summed E-state index contributed by atoms with van der Waals surface area (Å²) in [5.41, 5.74) is 7.33. The summed E-state index contributed by atoms with van der Waals surface area (Å²) in [6, 6.07) is 9.68. The van der Waals surface area contributed by atoms with Crippen LogP contribution in [0.25, 0.3) is 17.0 Å². The van der Waals surface area contributed by atoms with Crippen molar-refractivity contribution in [2.24, 2.45) is 5.73 Å². The minimum Gasteiger partial charge on any atom is -0.395 e. The van der Waals surface area contributed by atoms with Gasteiger partial charge in [-0.15, -0.1) is 11.8 Å². The van der Waals surface area contributed by atoms with Crippen molar-refractivity contribution >= 4 is 34.6 Å². The average Bonchev–Trinajstić information content (AvgIpc) is 2.83. The number of carbonyl (C=O) groups is 1. The molecule has 0 saturated carbocycles. The fourth-order valence-electron chi connectivity index (χ4n) is 2.57. The van der Waals surface area contributed by atoms with Gasteiger partial charge in [0.2, 0.25) is 0 Å². The highest BCUT2D eigenvalue weighted by molar-refractivity contribution is 8.04. The molecule has 1 aromatic heterocycles. The molecule has 2 aromatic rings. The Morgan fingerprint density at radius 2 is 2.00 bits per heavy atom. The fourth-order valence-corrected chi connectivity index (χ4v) is 3.40.